The van der Waals surface area contributed by atoms with Crippen molar-refractivity contribution in [2.24, 2.45) is 0 Å². The fourth-order valence-corrected chi connectivity index (χ4v) is 1.91. The summed E-state index contributed by atoms with van der Waals surface area (Å²) in [6, 6.07) is 5.70. The number of carbonyl (C=O) groups excluding carboxylic acids is 1. The molecule has 1 aromatic rings. The molecule has 2 heteroatoms. The van der Waals surface area contributed by atoms with Crippen LogP contribution < -0.4 is 4.74 Å². The van der Waals surface area contributed by atoms with Crippen LogP contribution in [-0.2, 0) is 5.41 Å². The lowest BCUT2D eigenvalue weighted by Crippen LogP contribution is -2.16. The van der Waals surface area contributed by atoms with Crippen molar-refractivity contribution in [3.63, 3.8) is 0 Å². The van der Waals surface area contributed by atoms with E-state index in [1.807, 2.05) is 18.2 Å². The summed E-state index contributed by atoms with van der Waals surface area (Å²) in [5.41, 5.74) is 1.70. The molecule has 1 saturated carbocycles. The number of carbonyl (C=O) groups is 1. The minimum Gasteiger partial charge on any atom is -0.490 e. The molecule has 0 spiro atoms. The summed E-state index contributed by atoms with van der Waals surface area (Å²) in [6.45, 7) is 6.32. The summed E-state index contributed by atoms with van der Waals surface area (Å²) >= 11 is 0. The van der Waals surface area contributed by atoms with Gasteiger partial charge in [0.15, 0.2) is 0 Å². The second-order valence-corrected chi connectivity index (χ2v) is 5.41. The molecule has 1 aliphatic carbocycles. The topological polar surface area (TPSA) is 26.3 Å². The molecule has 0 radical (unpaired) electrons. The highest BCUT2D eigenvalue weighted by molar-refractivity contribution is 5.79. The molecule has 0 atom stereocenters. The van der Waals surface area contributed by atoms with Crippen molar-refractivity contribution in [1.82, 2.24) is 0 Å². The van der Waals surface area contributed by atoms with Gasteiger partial charge in [0.2, 0.25) is 0 Å². The third-order valence-corrected chi connectivity index (χ3v) is 2.75. The molecular formula is C14H18O2. The van der Waals surface area contributed by atoms with Crippen molar-refractivity contribution < 1.29 is 9.53 Å². The van der Waals surface area contributed by atoms with Crippen LogP contribution in [0.3, 0.4) is 0 Å². The van der Waals surface area contributed by atoms with Crippen LogP contribution in [0.15, 0.2) is 18.2 Å². The molecule has 0 bridgehead atoms. The molecule has 1 fully saturated rings. The van der Waals surface area contributed by atoms with Crippen LogP contribution in [0.25, 0.3) is 0 Å². The fourth-order valence-electron chi connectivity index (χ4n) is 1.91. The van der Waals surface area contributed by atoms with Gasteiger partial charge < -0.3 is 4.74 Å². The SMILES string of the molecule is CC(C)(C)c1c(C=O)cccc1OC1CC1. The standard InChI is InChI=1S/C14H18O2/c1-14(2,3)13-10(9-15)5-4-6-12(13)16-11-7-8-11/h4-6,9,11H,7-8H2,1-3H3. The van der Waals surface area contributed by atoms with E-state index in [1.54, 1.807) is 0 Å². The van der Waals surface area contributed by atoms with Gasteiger partial charge in [0.1, 0.15) is 12.0 Å². The summed E-state index contributed by atoms with van der Waals surface area (Å²) in [5, 5.41) is 0. The number of benzene rings is 1. The second-order valence-electron chi connectivity index (χ2n) is 5.41. The number of aldehydes is 1. The molecule has 0 aromatic heterocycles. The Labute approximate surface area is 96.6 Å². The molecule has 16 heavy (non-hydrogen) atoms. The van der Waals surface area contributed by atoms with Crippen molar-refractivity contribution in [3.05, 3.63) is 29.3 Å². The first-order valence-electron chi connectivity index (χ1n) is 5.77. The van der Waals surface area contributed by atoms with E-state index in [0.29, 0.717) is 6.10 Å². The first kappa shape index (κ1) is 11.2. The highest BCUT2D eigenvalue weighted by Crippen LogP contribution is 2.37. The lowest BCUT2D eigenvalue weighted by Gasteiger charge is -2.24. The summed E-state index contributed by atoms with van der Waals surface area (Å²) in [4.78, 5) is 11.1. The van der Waals surface area contributed by atoms with Crippen LogP contribution in [0.2, 0.25) is 0 Å². The molecule has 0 saturated heterocycles. The maximum absolute atomic E-state index is 11.1. The van der Waals surface area contributed by atoms with Crippen molar-refractivity contribution in [2.75, 3.05) is 0 Å². The predicted molar refractivity (Wildman–Crippen MR) is 64.2 cm³/mol. The van der Waals surface area contributed by atoms with Crippen molar-refractivity contribution >= 4 is 6.29 Å². The molecule has 1 aliphatic rings. The zero-order chi connectivity index (χ0) is 11.8. The number of rotatable bonds is 3. The third kappa shape index (κ3) is 2.26. The Balaban J connectivity index is 2.44. The molecule has 86 valence electrons. The monoisotopic (exact) mass is 218 g/mol. The van der Waals surface area contributed by atoms with Gasteiger partial charge in [-0.2, -0.15) is 0 Å². The fraction of sp³-hybridized carbons (Fsp3) is 0.500. The third-order valence-electron chi connectivity index (χ3n) is 2.75. The lowest BCUT2D eigenvalue weighted by atomic mass is 9.83. The average molecular weight is 218 g/mol. The number of hydrogen-bond donors (Lipinski definition) is 0. The molecule has 0 aliphatic heterocycles. The van der Waals surface area contributed by atoms with Crippen LogP contribution in [0.4, 0.5) is 0 Å². The summed E-state index contributed by atoms with van der Waals surface area (Å²) in [7, 11) is 0. The van der Waals surface area contributed by atoms with Gasteiger partial charge in [-0.1, -0.05) is 32.9 Å². The minimum atomic E-state index is -0.0677. The van der Waals surface area contributed by atoms with Gasteiger partial charge in [0, 0.05) is 11.1 Å². The summed E-state index contributed by atoms with van der Waals surface area (Å²) in [6.07, 6.45) is 3.55. The normalized spacial score (nSPS) is 15.9. The first-order valence-corrected chi connectivity index (χ1v) is 5.77. The Morgan fingerprint density at radius 3 is 2.50 bits per heavy atom. The van der Waals surface area contributed by atoms with E-state index in [4.69, 9.17) is 4.74 Å². The van der Waals surface area contributed by atoms with Gasteiger partial charge in [0.05, 0.1) is 6.10 Å². The van der Waals surface area contributed by atoms with Crippen LogP contribution in [-0.4, -0.2) is 12.4 Å². The van der Waals surface area contributed by atoms with E-state index in [0.717, 1.165) is 36.0 Å². The molecule has 1 aromatic carbocycles. The van der Waals surface area contributed by atoms with E-state index < -0.39 is 0 Å². The largest absolute Gasteiger partial charge is 0.490 e. The van der Waals surface area contributed by atoms with Crippen molar-refractivity contribution in [1.29, 1.82) is 0 Å². The van der Waals surface area contributed by atoms with Gasteiger partial charge in [-0.05, 0) is 24.3 Å². The average Bonchev–Trinajstić information content (AvgIpc) is 2.99. The highest BCUT2D eigenvalue weighted by atomic mass is 16.5. The van der Waals surface area contributed by atoms with Crippen molar-refractivity contribution in [3.8, 4) is 5.75 Å². The van der Waals surface area contributed by atoms with Crippen LogP contribution in [0.1, 0.15) is 49.5 Å². The smallest absolute Gasteiger partial charge is 0.150 e. The van der Waals surface area contributed by atoms with Crippen LogP contribution in [0, 0.1) is 0 Å². The van der Waals surface area contributed by atoms with Gasteiger partial charge in [0.25, 0.3) is 0 Å². The van der Waals surface area contributed by atoms with Gasteiger partial charge in [-0.25, -0.2) is 0 Å². The molecule has 2 nitrogen and oxygen atoms in total. The van der Waals surface area contributed by atoms with Crippen molar-refractivity contribution in [2.45, 2.75) is 45.1 Å². The van der Waals surface area contributed by atoms with E-state index in [2.05, 4.69) is 20.8 Å². The molecule has 2 rings (SSSR count). The van der Waals surface area contributed by atoms with Crippen LogP contribution in [0.5, 0.6) is 5.75 Å². The van der Waals surface area contributed by atoms with Gasteiger partial charge in [-0.3, -0.25) is 4.79 Å². The maximum atomic E-state index is 11.1. The quantitative estimate of drug-likeness (QED) is 0.727. The van der Waals surface area contributed by atoms with E-state index in [9.17, 15) is 4.79 Å². The molecular weight excluding hydrogens is 200 g/mol. The Kier molecular flexibility index (Phi) is 2.75. The zero-order valence-electron chi connectivity index (χ0n) is 10.1. The Hall–Kier alpha value is -1.31. The van der Waals surface area contributed by atoms with Crippen LogP contribution >= 0.6 is 0 Å². The zero-order valence-corrected chi connectivity index (χ0v) is 10.1. The molecule has 0 amide bonds. The second kappa shape index (κ2) is 3.93. The minimum absolute atomic E-state index is 0.0677. The van der Waals surface area contributed by atoms with E-state index >= 15 is 0 Å². The highest BCUT2D eigenvalue weighted by Gasteiger charge is 2.28. The number of ether oxygens (including phenoxy) is 1. The van der Waals surface area contributed by atoms with E-state index in [-0.39, 0.29) is 5.41 Å². The predicted octanol–water partition coefficient (Wildman–Crippen LogP) is 3.34. The van der Waals surface area contributed by atoms with Gasteiger partial charge in [-0.15, -0.1) is 0 Å². The summed E-state index contributed by atoms with van der Waals surface area (Å²) in [5.74, 6) is 0.875. The summed E-state index contributed by atoms with van der Waals surface area (Å²) < 4.78 is 5.87. The molecule has 0 N–H and O–H groups in total. The Morgan fingerprint density at radius 1 is 1.31 bits per heavy atom. The van der Waals surface area contributed by atoms with E-state index in [1.165, 1.54) is 0 Å². The lowest BCUT2D eigenvalue weighted by molar-refractivity contribution is 0.112. The maximum Gasteiger partial charge on any atom is 0.150 e. The first-order chi connectivity index (χ1) is 7.52. The Bertz CT molecular complexity index is 398. The molecule has 0 unspecified atom stereocenters. The Morgan fingerprint density at radius 2 is 2.00 bits per heavy atom. The number of hydrogen-bond acceptors (Lipinski definition) is 2. The molecule has 0 heterocycles. The van der Waals surface area contributed by atoms with Gasteiger partial charge >= 0.3 is 0 Å².